The highest BCUT2D eigenvalue weighted by atomic mass is 19.1. The lowest BCUT2D eigenvalue weighted by Gasteiger charge is -2.31. The molecule has 2 aliphatic rings. The Hall–Kier alpha value is -3.53. The van der Waals surface area contributed by atoms with Crippen LogP contribution in [0.2, 0.25) is 0 Å². The number of nitrogens with one attached hydrogen (secondary N) is 2. The molecular formula is C29H37FN6O3. The molecule has 2 fully saturated rings. The van der Waals surface area contributed by atoms with Crippen molar-refractivity contribution >= 4 is 23.3 Å². The van der Waals surface area contributed by atoms with Crippen molar-refractivity contribution in [1.82, 2.24) is 24.8 Å². The smallest absolute Gasteiger partial charge is 0.319 e. The van der Waals surface area contributed by atoms with Gasteiger partial charge in [0.05, 0.1) is 11.8 Å². The quantitative estimate of drug-likeness (QED) is 0.451. The van der Waals surface area contributed by atoms with E-state index in [9.17, 15) is 9.59 Å². The third-order valence-corrected chi connectivity index (χ3v) is 7.66. The molecule has 5 rings (SSSR count). The van der Waals surface area contributed by atoms with Gasteiger partial charge in [-0.25, -0.2) is 18.7 Å². The number of urea groups is 1. The van der Waals surface area contributed by atoms with Gasteiger partial charge in [0.25, 0.3) is 5.91 Å². The Labute approximate surface area is 228 Å². The zero-order valence-electron chi connectivity index (χ0n) is 22.7. The van der Waals surface area contributed by atoms with Crippen LogP contribution in [0.15, 0.2) is 30.3 Å². The minimum absolute atomic E-state index is 0.0274. The first-order chi connectivity index (χ1) is 18.9. The van der Waals surface area contributed by atoms with E-state index in [0.717, 1.165) is 50.8 Å². The van der Waals surface area contributed by atoms with Crippen LogP contribution < -0.4 is 10.6 Å². The Balaban J connectivity index is 1.34. The largest absolute Gasteiger partial charge is 0.376 e. The molecule has 3 aromatic rings. The molecule has 0 saturated carbocycles. The molecule has 0 spiro atoms. The maximum Gasteiger partial charge on any atom is 0.319 e. The molecule has 1 aromatic carbocycles. The number of carbonyl (C=O) groups is 2. The molecule has 2 atom stereocenters. The van der Waals surface area contributed by atoms with Gasteiger partial charge in [-0.2, -0.15) is 5.10 Å². The highest BCUT2D eigenvalue weighted by Crippen LogP contribution is 2.27. The SMILES string of the molecule is CCc1cc(C(=O)N2CCCCCCC2C)nc2cc(-c3ccc(NC(=O)NCC4CCCO4)cc3F)nn12. The number of benzene rings is 1. The van der Waals surface area contributed by atoms with Gasteiger partial charge >= 0.3 is 6.03 Å². The summed E-state index contributed by atoms with van der Waals surface area (Å²) in [6.45, 7) is 5.97. The molecule has 39 heavy (non-hydrogen) atoms. The Morgan fingerprint density at radius 1 is 1.10 bits per heavy atom. The maximum absolute atomic E-state index is 15.2. The summed E-state index contributed by atoms with van der Waals surface area (Å²) < 4.78 is 22.4. The van der Waals surface area contributed by atoms with E-state index >= 15 is 4.39 Å². The van der Waals surface area contributed by atoms with E-state index in [1.165, 1.54) is 12.5 Å². The van der Waals surface area contributed by atoms with Crippen LogP contribution in [-0.4, -0.2) is 63.3 Å². The number of rotatable bonds is 6. The summed E-state index contributed by atoms with van der Waals surface area (Å²) in [5.74, 6) is -0.581. The molecule has 10 heteroatoms. The van der Waals surface area contributed by atoms with Crippen LogP contribution in [-0.2, 0) is 11.2 Å². The van der Waals surface area contributed by atoms with Crippen molar-refractivity contribution < 1.29 is 18.7 Å². The van der Waals surface area contributed by atoms with Gasteiger partial charge in [0.2, 0.25) is 0 Å². The fourth-order valence-electron chi connectivity index (χ4n) is 5.42. The van der Waals surface area contributed by atoms with Crippen molar-refractivity contribution in [3.8, 4) is 11.3 Å². The van der Waals surface area contributed by atoms with Gasteiger partial charge in [0.15, 0.2) is 5.65 Å². The first kappa shape index (κ1) is 27.1. The highest BCUT2D eigenvalue weighted by molar-refractivity contribution is 5.93. The molecular weight excluding hydrogens is 499 g/mol. The normalized spacial score (nSPS) is 20.0. The average molecular weight is 537 g/mol. The van der Waals surface area contributed by atoms with Crippen molar-refractivity contribution in [3.05, 3.63) is 47.5 Å². The Bertz CT molecular complexity index is 1340. The van der Waals surface area contributed by atoms with Crippen molar-refractivity contribution in [2.45, 2.75) is 77.4 Å². The second-order valence-corrected chi connectivity index (χ2v) is 10.5. The fraction of sp³-hybridized carbons (Fsp3) is 0.517. The maximum atomic E-state index is 15.2. The van der Waals surface area contributed by atoms with Gasteiger partial charge in [-0.3, -0.25) is 4.79 Å². The minimum Gasteiger partial charge on any atom is -0.376 e. The Morgan fingerprint density at radius 2 is 1.95 bits per heavy atom. The molecule has 2 N–H and O–H groups in total. The Kier molecular flexibility index (Phi) is 8.40. The van der Waals surface area contributed by atoms with E-state index in [-0.39, 0.29) is 23.6 Å². The van der Waals surface area contributed by atoms with Gasteiger partial charge < -0.3 is 20.3 Å². The molecule has 4 heterocycles. The van der Waals surface area contributed by atoms with E-state index in [2.05, 4.69) is 27.6 Å². The molecule has 0 radical (unpaired) electrons. The summed E-state index contributed by atoms with van der Waals surface area (Å²) in [5, 5.41) is 10.0. The fourth-order valence-corrected chi connectivity index (χ4v) is 5.42. The number of halogens is 1. The number of carbonyl (C=O) groups excluding carboxylic acids is 2. The second-order valence-electron chi connectivity index (χ2n) is 10.5. The van der Waals surface area contributed by atoms with E-state index in [1.54, 1.807) is 28.8 Å². The van der Waals surface area contributed by atoms with E-state index in [0.29, 0.717) is 42.3 Å². The Morgan fingerprint density at radius 3 is 2.72 bits per heavy atom. The number of aryl methyl sites for hydroxylation is 1. The molecule has 0 aliphatic carbocycles. The lowest BCUT2D eigenvalue weighted by molar-refractivity contribution is 0.0660. The standard InChI is InChI=1S/C29H37FN6O3/c1-3-21-16-26(28(37)35-13-7-5-4-6-9-19(35)2)33-27-17-25(34-36(21)27)23-12-11-20(15-24(23)30)32-29(38)31-18-22-10-8-14-39-22/h11-12,15-17,19,22H,3-10,13-14,18H2,1-2H3,(H2,31,32,38). The van der Waals surface area contributed by atoms with E-state index in [4.69, 9.17) is 4.74 Å². The van der Waals surface area contributed by atoms with Gasteiger partial charge in [-0.05, 0) is 63.3 Å². The minimum atomic E-state index is -0.515. The molecule has 3 amide bonds. The van der Waals surface area contributed by atoms with Crippen molar-refractivity contribution in [2.24, 2.45) is 0 Å². The average Bonchev–Trinajstić information content (AvgIpc) is 3.59. The molecule has 2 saturated heterocycles. The number of ether oxygens (including phenoxy) is 1. The number of nitrogens with zero attached hydrogens (tertiary/aromatic N) is 4. The molecule has 2 unspecified atom stereocenters. The highest BCUT2D eigenvalue weighted by Gasteiger charge is 2.25. The summed E-state index contributed by atoms with van der Waals surface area (Å²) in [6.07, 6.45) is 8.05. The third-order valence-electron chi connectivity index (χ3n) is 7.66. The van der Waals surface area contributed by atoms with Crippen LogP contribution >= 0.6 is 0 Å². The monoisotopic (exact) mass is 536 g/mol. The van der Waals surface area contributed by atoms with E-state index in [1.807, 2.05) is 11.8 Å². The number of amides is 3. The molecule has 0 bridgehead atoms. The first-order valence-corrected chi connectivity index (χ1v) is 14.1. The van der Waals surface area contributed by atoms with E-state index < -0.39 is 11.8 Å². The van der Waals surface area contributed by atoms with Gasteiger partial charge in [-0.15, -0.1) is 0 Å². The summed E-state index contributed by atoms with van der Waals surface area (Å²) in [5.41, 5.74) is 2.77. The number of likely N-dealkylation sites (tertiary alicyclic amines) is 1. The van der Waals surface area contributed by atoms with Crippen LogP contribution in [0, 0.1) is 5.82 Å². The van der Waals surface area contributed by atoms with Crippen LogP contribution in [0.25, 0.3) is 16.9 Å². The summed E-state index contributed by atoms with van der Waals surface area (Å²) >= 11 is 0. The summed E-state index contributed by atoms with van der Waals surface area (Å²) in [4.78, 5) is 32.3. The van der Waals surface area contributed by atoms with Crippen molar-refractivity contribution in [3.63, 3.8) is 0 Å². The van der Waals surface area contributed by atoms with Crippen molar-refractivity contribution in [2.75, 3.05) is 25.0 Å². The lowest BCUT2D eigenvalue weighted by Crippen LogP contribution is -2.40. The van der Waals surface area contributed by atoms with Gasteiger partial charge in [0.1, 0.15) is 11.5 Å². The number of anilines is 1. The number of hydrogen-bond donors (Lipinski definition) is 2. The van der Waals surface area contributed by atoms with Crippen LogP contribution in [0.1, 0.15) is 75.0 Å². The summed E-state index contributed by atoms with van der Waals surface area (Å²) in [6, 6.07) is 7.77. The molecule has 9 nitrogen and oxygen atoms in total. The second kappa shape index (κ2) is 12.1. The lowest BCUT2D eigenvalue weighted by atomic mass is 10.0. The zero-order valence-corrected chi connectivity index (χ0v) is 22.7. The number of fused-ring (bicyclic) bond motifs is 1. The number of hydrogen-bond acceptors (Lipinski definition) is 5. The van der Waals surface area contributed by atoms with Crippen molar-refractivity contribution in [1.29, 1.82) is 0 Å². The third kappa shape index (κ3) is 6.21. The molecule has 208 valence electrons. The van der Waals surface area contributed by atoms with Gasteiger partial charge in [0, 0.05) is 48.7 Å². The molecule has 2 aliphatic heterocycles. The predicted octanol–water partition coefficient (Wildman–Crippen LogP) is 5.19. The van der Waals surface area contributed by atoms with Gasteiger partial charge in [-0.1, -0.05) is 26.2 Å². The molecule has 2 aromatic heterocycles. The zero-order chi connectivity index (χ0) is 27.4. The predicted molar refractivity (Wildman–Crippen MR) is 147 cm³/mol. The van der Waals surface area contributed by atoms with Crippen LogP contribution in [0.4, 0.5) is 14.9 Å². The summed E-state index contributed by atoms with van der Waals surface area (Å²) in [7, 11) is 0. The van der Waals surface area contributed by atoms with Crippen LogP contribution in [0.5, 0.6) is 0 Å². The topological polar surface area (TPSA) is 101 Å². The first-order valence-electron chi connectivity index (χ1n) is 14.1. The van der Waals surface area contributed by atoms with Crippen LogP contribution in [0.3, 0.4) is 0 Å². The number of aromatic nitrogens is 3.